The summed E-state index contributed by atoms with van der Waals surface area (Å²) in [5.41, 5.74) is 5.47. The van der Waals surface area contributed by atoms with E-state index >= 15 is 0 Å². The lowest BCUT2D eigenvalue weighted by Crippen LogP contribution is -2.36. The molecule has 6 heteroatoms. The molecule has 0 atom stereocenters. The van der Waals surface area contributed by atoms with Gasteiger partial charge in [-0.25, -0.2) is 4.99 Å². The number of aliphatic imine (C=N–C) groups is 1. The number of amides is 1. The normalized spacial score (nSPS) is 11.2. The standard InChI is InChI=1S/C24H28N4O2/c1-4-25-24(27-16-20-11-10-17(2)13-18(20)3)26-15-19-7-5-8-21(14-19)28-23(29)22-9-6-12-30-22/h5-14H,4,15-16H2,1-3H3,(H,28,29)(H2,25,26,27). The van der Waals surface area contributed by atoms with Crippen LogP contribution in [0.2, 0.25) is 0 Å². The number of furan rings is 1. The Balaban J connectivity index is 1.63. The quantitative estimate of drug-likeness (QED) is 0.403. The molecule has 156 valence electrons. The van der Waals surface area contributed by atoms with Crippen LogP contribution in [0.3, 0.4) is 0 Å². The monoisotopic (exact) mass is 404 g/mol. The summed E-state index contributed by atoms with van der Waals surface area (Å²) < 4.78 is 5.13. The van der Waals surface area contributed by atoms with Crippen LogP contribution < -0.4 is 16.0 Å². The maximum Gasteiger partial charge on any atom is 0.291 e. The van der Waals surface area contributed by atoms with E-state index in [0.717, 1.165) is 18.1 Å². The van der Waals surface area contributed by atoms with Gasteiger partial charge in [0.05, 0.1) is 12.8 Å². The summed E-state index contributed by atoms with van der Waals surface area (Å²) in [6, 6.07) is 17.4. The van der Waals surface area contributed by atoms with Crippen LogP contribution in [-0.2, 0) is 13.1 Å². The first-order valence-corrected chi connectivity index (χ1v) is 10.1. The zero-order chi connectivity index (χ0) is 21.3. The molecule has 6 nitrogen and oxygen atoms in total. The number of carbonyl (C=O) groups excluding carboxylic acids is 1. The van der Waals surface area contributed by atoms with Gasteiger partial charge in [-0.15, -0.1) is 0 Å². The first-order chi connectivity index (χ1) is 14.5. The number of rotatable bonds is 7. The van der Waals surface area contributed by atoms with Crippen molar-refractivity contribution in [2.45, 2.75) is 33.9 Å². The van der Waals surface area contributed by atoms with Gasteiger partial charge in [-0.1, -0.05) is 35.9 Å². The van der Waals surface area contributed by atoms with Crippen molar-refractivity contribution in [3.05, 3.63) is 88.9 Å². The number of guanidine groups is 1. The predicted molar refractivity (Wildman–Crippen MR) is 121 cm³/mol. The Morgan fingerprint density at radius 3 is 2.63 bits per heavy atom. The fraction of sp³-hybridized carbons (Fsp3) is 0.250. The van der Waals surface area contributed by atoms with Crippen LogP contribution in [-0.4, -0.2) is 18.4 Å². The Labute approximate surface area is 177 Å². The van der Waals surface area contributed by atoms with Gasteiger partial charge >= 0.3 is 0 Å². The van der Waals surface area contributed by atoms with Crippen molar-refractivity contribution < 1.29 is 9.21 Å². The second-order valence-corrected chi connectivity index (χ2v) is 7.11. The average Bonchev–Trinajstić information content (AvgIpc) is 3.26. The second kappa shape index (κ2) is 10.3. The molecule has 3 aromatic rings. The Morgan fingerprint density at radius 2 is 1.90 bits per heavy atom. The van der Waals surface area contributed by atoms with Crippen LogP contribution in [0.5, 0.6) is 0 Å². The highest BCUT2D eigenvalue weighted by molar-refractivity contribution is 6.02. The molecule has 1 aromatic heterocycles. The molecule has 0 bridgehead atoms. The highest BCUT2D eigenvalue weighted by atomic mass is 16.3. The summed E-state index contributed by atoms with van der Waals surface area (Å²) in [5.74, 6) is 0.759. The molecule has 0 saturated carbocycles. The number of benzene rings is 2. The topological polar surface area (TPSA) is 78.7 Å². The van der Waals surface area contributed by atoms with Crippen LogP contribution in [0.4, 0.5) is 5.69 Å². The summed E-state index contributed by atoms with van der Waals surface area (Å²) in [4.78, 5) is 16.8. The molecule has 30 heavy (non-hydrogen) atoms. The van der Waals surface area contributed by atoms with Gasteiger partial charge in [0.15, 0.2) is 11.7 Å². The van der Waals surface area contributed by atoms with E-state index in [9.17, 15) is 4.79 Å². The second-order valence-electron chi connectivity index (χ2n) is 7.11. The molecule has 0 fully saturated rings. The van der Waals surface area contributed by atoms with E-state index in [0.29, 0.717) is 18.8 Å². The van der Waals surface area contributed by atoms with E-state index in [4.69, 9.17) is 4.42 Å². The van der Waals surface area contributed by atoms with E-state index < -0.39 is 0 Å². The molecule has 0 aliphatic rings. The molecule has 1 heterocycles. The van der Waals surface area contributed by atoms with Crippen molar-refractivity contribution in [2.75, 3.05) is 11.9 Å². The molecule has 2 aromatic carbocycles. The van der Waals surface area contributed by atoms with Gasteiger partial charge in [0.1, 0.15) is 0 Å². The van der Waals surface area contributed by atoms with Crippen molar-refractivity contribution in [3.8, 4) is 0 Å². The highest BCUT2D eigenvalue weighted by Gasteiger charge is 2.09. The molecule has 0 saturated heterocycles. The third-order valence-electron chi connectivity index (χ3n) is 4.64. The Morgan fingerprint density at radius 1 is 1.03 bits per heavy atom. The maximum absolute atomic E-state index is 12.2. The van der Waals surface area contributed by atoms with Crippen molar-refractivity contribution in [1.82, 2.24) is 10.6 Å². The SMILES string of the molecule is CCNC(=NCc1cccc(NC(=O)c2ccco2)c1)NCc1ccc(C)cc1C. The van der Waals surface area contributed by atoms with Gasteiger partial charge in [0.25, 0.3) is 5.91 Å². The molecule has 0 aliphatic heterocycles. The third-order valence-corrected chi connectivity index (χ3v) is 4.64. The van der Waals surface area contributed by atoms with Crippen LogP contribution in [0.15, 0.2) is 70.3 Å². The summed E-state index contributed by atoms with van der Waals surface area (Å²) in [6.07, 6.45) is 1.48. The summed E-state index contributed by atoms with van der Waals surface area (Å²) in [7, 11) is 0. The maximum atomic E-state index is 12.2. The van der Waals surface area contributed by atoms with Crippen molar-refractivity contribution in [2.24, 2.45) is 4.99 Å². The molecule has 0 unspecified atom stereocenters. The van der Waals surface area contributed by atoms with Gasteiger partial charge in [-0.05, 0) is 61.7 Å². The summed E-state index contributed by atoms with van der Waals surface area (Å²) >= 11 is 0. The lowest BCUT2D eigenvalue weighted by atomic mass is 10.1. The van der Waals surface area contributed by atoms with Gasteiger partial charge in [0.2, 0.25) is 0 Å². The molecule has 3 N–H and O–H groups in total. The number of anilines is 1. The van der Waals surface area contributed by atoms with Crippen molar-refractivity contribution in [3.63, 3.8) is 0 Å². The number of nitrogens with one attached hydrogen (secondary N) is 3. The molecule has 0 radical (unpaired) electrons. The molecule has 1 amide bonds. The minimum Gasteiger partial charge on any atom is -0.459 e. The van der Waals surface area contributed by atoms with E-state index in [1.165, 1.54) is 23.0 Å². The van der Waals surface area contributed by atoms with Crippen molar-refractivity contribution >= 4 is 17.6 Å². The molecular formula is C24H28N4O2. The molecule has 0 spiro atoms. The van der Waals surface area contributed by atoms with E-state index in [2.05, 4.69) is 53.0 Å². The number of hydrogen-bond donors (Lipinski definition) is 3. The number of aryl methyl sites for hydroxylation is 2. The lowest BCUT2D eigenvalue weighted by molar-refractivity contribution is 0.0996. The van der Waals surface area contributed by atoms with Gasteiger partial charge in [-0.3, -0.25) is 4.79 Å². The van der Waals surface area contributed by atoms with Gasteiger partial charge in [-0.2, -0.15) is 0 Å². The summed E-state index contributed by atoms with van der Waals surface area (Å²) in [6.45, 7) is 8.23. The minimum absolute atomic E-state index is 0.274. The smallest absolute Gasteiger partial charge is 0.291 e. The van der Waals surface area contributed by atoms with E-state index in [1.807, 2.05) is 31.2 Å². The molecular weight excluding hydrogens is 376 g/mol. The van der Waals surface area contributed by atoms with Gasteiger partial charge in [0, 0.05) is 18.8 Å². The molecule has 3 rings (SSSR count). The van der Waals surface area contributed by atoms with E-state index in [1.54, 1.807) is 12.1 Å². The van der Waals surface area contributed by atoms with Crippen LogP contribution in [0, 0.1) is 13.8 Å². The fourth-order valence-electron chi connectivity index (χ4n) is 3.08. The van der Waals surface area contributed by atoms with Gasteiger partial charge < -0.3 is 20.4 Å². The lowest BCUT2D eigenvalue weighted by Gasteiger charge is -2.13. The van der Waals surface area contributed by atoms with Crippen LogP contribution >= 0.6 is 0 Å². The fourth-order valence-corrected chi connectivity index (χ4v) is 3.08. The summed E-state index contributed by atoms with van der Waals surface area (Å²) in [5, 5.41) is 9.51. The Kier molecular flexibility index (Phi) is 7.27. The molecule has 0 aliphatic carbocycles. The van der Waals surface area contributed by atoms with Crippen LogP contribution in [0.1, 0.15) is 39.7 Å². The Bertz CT molecular complexity index is 1010. The van der Waals surface area contributed by atoms with E-state index in [-0.39, 0.29) is 11.7 Å². The van der Waals surface area contributed by atoms with Crippen LogP contribution in [0.25, 0.3) is 0 Å². The number of nitrogens with zero attached hydrogens (tertiary/aromatic N) is 1. The third kappa shape index (κ3) is 5.98. The zero-order valence-electron chi connectivity index (χ0n) is 17.7. The van der Waals surface area contributed by atoms with Crippen molar-refractivity contribution in [1.29, 1.82) is 0 Å². The Hall–Kier alpha value is -3.54. The minimum atomic E-state index is -0.274. The number of carbonyl (C=O) groups is 1. The zero-order valence-corrected chi connectivity index (χ0v) is 17.7. The predicted octanol–water partition coefficient (Wildman–Crippen LogP) is 4.40. The first kappa shape index (κ1) is 21.2. The largest absolute Gasteiger partial charge is 0.459 e. The highest BCUT2D eigenvalue weighted by Crippen LogP contribution is 2.14. The first-order valence-electron chi connectivity index (χ1n) is 10.1. The number of hydrogen-bond acceptors (Lipinski definition) is 3. The average molecular weight is 405 g/mol.